The van der Waals surface area contributed by atoms with E-state index in [-0.39, 0.29) is 12.0 Å². The summed E-state index contributed by atoms with van der Waals surface area (Å²) in [6, 6.07) is 12.0. The van der Waals surface area contributed by atoms with Crippen molar-refractivity contribution in [1.82, 2.24) is 5.32 Å². The third-order valence-corrected chi connectivity index (χ3v) is 6.17. The maximum Gasteiger partial charge on any atom is 0.261 e. The number of para-hydroxylation sites is 1. The zero-order valence-corrected chi connectivity index (χ0v) is 15.1. The van der Waals surface area contributed by atoms with Crippen molar-refractivity contribution in [3.63, 3.8) is 0 Å². The average Bonchev–Trinajstić information content (AvgIpc) is 3.12. The number of halogens is 1. The molecule has 3 rings (SSSR count). The lowest BCUT2D eigenvalue weighted by molar-refractivity contribution is -0.127. The zero-order valence-electron chi connectivity index (χ0n) is 11.9. The number of ether oxygens (including phenoxy) is 1. The second-order valence-electron chi connectivity index (χ2n) is 4.97. The number of hydrogen-bond donors (Lipinski definition) is 1. The van der Waals surface area contributed by atoms with Crippen LogP contribution >= 0.6 is 39.0 Å². The van der Waals surface area contributed by atoms with Crippen LogP contribution in [0.2, 0.25) is 0 Å². The van der Waals surface area contributed by atoms with Gasteiger partial charge in [0, 0.05) is 29.3 Å². The summed E-state index contributed by atoms with van der Waals surface area (Å²) >= 11 is 7.04. The molecule has 2 heterocycles. The Morgan fingerprint density at radius 3 is 3.00 bits per heavy atom. The first-order valence-corrected chi connectivity index (χ1v) is 9.83. The van der Waals surface area contributed by atoms with Gasteiger partial charge in [0.15, 0.2) is 6.10 Å². The highest BCUT2D eigenvalue weighted by atomic mass is 79.9. The van der Waals surface area contributed by atoms with Gasteiger partial charge in [0.05, 0.1) is 3.79 Å². The van der Waals surface area contributed by atoms with Crippen molar-refractivity contribution >= 4 is 44.9 Å². The first-order valence-electron chi connectivity index (χ1n) is 7.06. The Morgan fingerprint density at radius 1 is 1.36 bits per heavy atom. The molecular formula is C16H16BrNO2S2. The van der Waals surface area contributed by atoms with Crippen LogP contribution in [0.1, 0.15) is 10.4 Å². The standard InChI is InChI=1S/C16H16BrNO2S2/c17-15-6-5-12(22-15)10-21-8-7-18-16(19)14-9-11-3-1-2-4-13(11)20-14/h1-6,14H,7-10H2,(H,18,19). The van der Waals surface area contributed by atoms with E-state index in [4.69, 9.17) is 4.74 Å². The van der Waals surface area contributed by atoms with Gasteiger partial charge < -0.3 is 10.1 Å². The molecule has 0 spiro atoms. The largest absolute Gasteiger partial charge is 0.480 e. The zero-order chi connectivity index (χ0) is 15.4. The van der Waals surface area contributed by atoms with Crippen LogP contribution in [0.25, 0.3) is 0 Å². The third-order valence-electron chi connectivity index (χ3n) is 3.36. The Kier molecular flexibility index (Phi) is 5.44. The topological polar surface area (TPSA) is 38.3 Å². The van der Waals surface area contributed by atoms with Gasteiger partial charge >= 0.3 is 0 Å². The van der Waals surface area contributed by atoms with Gasteiger partial charge in [-0.05, 0) is 39.7 Å². The van der Waals surface area contributed by atoms with Crippen LogP contribution in [0.3, 0.4) is 0 Å². The van der Waals surface area contributed by atoms with Crippen molar-refractivity contribution in [3.05, 3.63) is 50.6 Å². The lowest BCUT2D eigenvalue weighted by Gasteiger charge is -2.11. The van der Waals surface area contributed by atoms with Gasteiger partial charge in [-0.2, -0.15) is 11.8 Å². The molecule has 0 saturated carbocycles. The normalized spacial score (nSPS) is 16.1. The van der Waals surface area contributed by atoms with Gasteiger partial charge in [0.25, 0.3) is 5.91 Å². The Hall–Kier alpha value is -0.980. The predicted molar refractivity (Wildman–Crippen MR) is 95.8 cm³/mol. The molecule has 0 aliphatic carbocycles. The molecule has 0 bridgehead atoms. The predicted octanol–water partition coefficient (Wildman–Crippen LogP) is 3.86. The van der Waals surface area contributed by atoms with E-state index >= 15 is 0 Å². The molecule has 1 unspecified atom stereocenters. The maximum atomic E-state index is 12.1. The lowest BCUT2D eigenvalue weighted by Crippen LogP contribution is -2.38. The van der Waals surface area contributed by atoms with Crippen molar-refractivity contribution in [1.29, 1.82) is 0 Å². The molecule has 0 fully saturated rings. The van der Waals surface area contributed by atoms with E-state index in [0.29, 0.717) is 13.0 Å². The number of carbonyl (C=O) groups is 1. The molecule has 1 aliphatic heterocycles. The number of hydrogen-bond acceptors (Lipinski definition) is 4. The number of benzene rings is 1. The Balaban J connectivity index is 1.35. The molecule has 0 saturated heterocycles. The molecule has 0 radical (unpaired) electrons. The van der Waals surface area contributed by atoms with Gasteiger partial charge in [-0.1, -0.05) is 18.2 Å². The minimum Gasteiger partial charge on any atom is -0.480 e. The number of fused-ring (bicyclic) bond motifs is 1. The maximum absolute atomic E-state index is 12.1. The molecule has 1 amide bonds. The lowest BCUT2D eigenvalue weighted by atomic mass is 10.1. The van der Waals surface area contributed by atoms with E-state index in [2.05, 4.69) is 33.4 Å². The summed E-state index contributed by atoms with van der Waals surface area (Å²) in [6.45, 7) is 0.673. The monoisotopic (exact) mass is 397 g/mol. The molecule has 1 aromatic carbocycles. The van der Waals surface area contributed by atoms with Gasteiger partial charge in [-0.3, -0.25) is 4.79 Å². The summed E-state index contributed by atoms with van der Waals surface area (Å²) in [5, 5.41) is 2.96. The van der Waals surface area contributed by atoms with E-state index in [1.807, 2.05) is 36.0 Å². The van der Waals surface area contributed by atoms with Crippen molar-refractivity contribution < 1.29 is 9.53 Å². The summed E-state index contributed by atoms with van der Waals surface area (Å²) in [7, 11) is 0. The van der Waals surface area contributed by atoms with Crippen molar-refractivity contribution in [3.8, 4) is 5.75 Å². The third kappa shape index (κ3) is 4.06. The van der Waals surface area contributed by atoms with Crippen LogP contribution in [-0.4, -0.2) is 24.3 Å². The average molecular weight is 398 g/mol. The van der Waals surface area contributed by atoms with Gasteiger partial charge in [-0.15, -0.1) is 11.3 Å². The van der Waals surface area contributed by atoms with E-state index in [9.17, 15) is 4.79 Å². The summed E-state index contributed by atoms with van der Waals surface area (Å²) < 4.78 is 6.84. The van der Waals surface area contributed by atoms with E-state index in [0.717, 1.165) is 26.6 Å². The van der Waals surface area contributed by atoms with E-state index in [1.54, 1.807) is 11.3 Å². The SMILES string of the molecule is O=C(NCCSCc1ccc(Br)s1)C1Cc2ccccc2O1. The highest BCUT2D eigenvalue weighted by molar-refractivity contribution is 9.11. The van der Waals surface area contributed by atoms with Crippen LogP contribution < -0.4 is 10.1 Å². The molecule has 1 N–H and O–H groups in total. The van der Waals surface area contributed by atoms with E-state index < -0.39 is 0 Å². The fourth-order valence-electron chi connectivity index (χ4n) is 2.29. The molecule has 2 aromatic rings. The second-order valence-corrected chi connectivity index (χ2v) is 8.62. The molecular weight excluding hydrogens is 382 g/mol. The van der Waals surface area contributed by atoms with Gasteiger partial charge in [-0.25, -0.2) is 0 Å². The number of carbonyl (C=O) groups excluding carboxylic acids is 1. The smallest absolute Gasteiger partial charge is 0.261 e. The Bertz CT molecular complexity index is 634. The van der Waals surface area contributed by atoms with Crippen molar-refractivity contribution in [2.24, 2.45) is 0 Å². The fourth-order valence-corrected chi connectivity index (χ4v) is 4.74. The molecule has 3 nitrogen and oxygen atoms in total. The van der Waals surface area contributed by atoms with Gasteiger partial charge in [0.2, 0.25) is 0 Å². The number of thioether (sulfide) groups is 1. The molecule has 1 atom stereocenters. The molecule has 22 heavy (non-hydrogen) atoms. The summed E-state index contributed by atoms with van der Waals surface area (Å²) in [4.78, 5) is 13.4. The first kappa shape index (κ1) is 15.9. The summed E-state index contributed by atoms with van der Waals surface area (Å²) in [6.07, 6.45) is 0.286. The fraction of sp³-hybridized carbons (Fsp3) is 0.312. The highest BCUT2D eigenvalue weighted by Gasteiger charge is 2.28. The van der Waals surface area contributed by atoms with E-state index in [1.165, 1.54) is 4.88 Å². The van der Waals surface area contributed by atoms with Gasteiger partial charge in [0.1, 0.15) is 5.75 Å². The number of rotatable bonds is 6. The summed E-state index contributed by atoms with van der Waals surface area (Å²) in [5.41, 5.74) is 1.11. The first-order chi connectivity index (χ1) is 10.7. The van der Waals surface area contributed by atoms with Crippen LogP contribution in [0.15, 0.2) is 40.2 Å². The highest BCUT2D eigenvalue weighted by Crippen LogP contribution is 2.28. The number of nitrogens with one attached hydrogen (secondary N) is 1. The Labute approximate surface area is 146 Å². The second kappa shape index (κ2) is 7.53. The Morgan fingerprint density at radius 2 is 2.23 bits per heavy atom. The van der Waals surface area contributed by atoms with Crippen LogP contribution in [0.5, 0.6) is 5.75 Å². The summed E-state index contributed by atoms with van der Waals surface area (Å²) in [5.74, 6) is 2.70. The molecule has 116 valence electrons. The van der Waals surface area contributed by atoms with Crippen molar-refractivity contribution in [2.45, 2.75) is 18.3 Å². The van der Waals surface area contributed by atoms with Crippen LogP contribution in [0.4, 0.5) is 0 Å². The minimum atomic E-state index is -0.379. The number of amides is 1. The minimum absolute atomic E-state index is 0.0179. The molecule has 1 aliphatic rings. The van der Waals surface area contributed by atoms with Crippen molar-refractivity contribution in [2.75, 3.05) is 12.3 Å². The quantitative estimate of drug-likeness (QED) is 0.751. The molecule has 6 heteroatoms. The number of thiophene rings is 1. The van der Waals surface area contributed by atoms with Crippen LogP contribution in [0, 0.1) is 0 Å². The molecule has 1 aromatic heterocycles. The van der Waals surface area contributed by atoms with Crippen LogP contribution in [-0.2, 0) is 17.0 Å².